The third-order valence-corrected chi connectivity index (χ3v) is 5.30. The van der Waals surface area contributed by atoms with Crippen molar-refractivity contribution in [2.24, 2.45) is 0 Å². The van der Waals surface area contributed by atoms with Crippen LogP contribution in [0.25, 0.3) is 10.9 Å². The zero-order chi connectivity index (χ0) is 19.7. The van der Waals surface area contributed by atoms with E-state index >= 15 is 0 Å². The first kappa shape index (κ1) is 18.3. The van der Waals surface area contributed by atoms with E-state index < -0.39 is 5.97 Å². The van der Waals surface area contributed by atoms with Crippen molar-refractivity contribution >= 4 is 33.9 Å². The fourth-order valence-electron chi connectivity index (χ4n) is 3.65. The lowest BCUT2D eigenvalue weighted by molar-refractivity contribution is -0.880. The van der Waals surface area contributed by atoms with Crippen LogP contribution in [-0.2, 0) is 0 Å². The second kappa shape index (κ2) is 7.48. The SMILES string of the molecule is Cc1cc(Nc2ccc(N3CC[NH+](C)CC3)cc2)c2cc(C(=O)[O-])ccc2n1. The highest BCUT2D eigenvalue weighted by Crippen LogP contribution is 2.28. The normalized spacial score (nSPS) is 15.0. The molecule has 0 spiro atoms. The van der Waals surface area contributed by atoms with Crippen LogP contribution < -0.4 is 20.2 Å². The molecule has 144 valence electrons. The number of carbonyl (C=O) groups excluding carboxylic acids is 1. The van der Waals surface area contributed by atoms with E-state index in [0.717, 1.165) is 54.2 Å². The summed E-state index contributed by atoms with van der Waals surface area (Å²) in [6, 6.07) is 15.2. The number of carbonyl (C=O) groups is 1. The van der Waals surface area contributed by atoms with E-state index in [-0.39, 0.29) is 5.56 Å². The quantitative estimate of drug-likeness (QED) is 0.710. The lowest BCUT2D eigenvalue weighted by atomic mass is 10.1. The molecular weight excluding hydrogens is 352 g/mol. The molecule has 0 bridgehead atoms. The second-order valence-electron chi connectivity index (χ2n) is 7.45. The monoisotopic (exact) mass is 376 g/mol. The average molecular weight is 376 g/mol. The Labute approximate surface area is 164 Å². The maximum absolute atomic E-state index is 11.2. The van der Waals surface area contributed by atoms with Gasteiger partial charge in [0, 0.05) is 28.1 Å². The van der Waals surface area contributed by atoms with Gasteiger partial charge in [0.2, 0.25) is 0 Å². The van der Waals surface area contributed by atoms with Gasteiger partial charge in [0.15, 0.2) is 0 Å². The molecule has 0 aliphatic carbocycles. The zero-order valence-electron chi connectivity index (χ0n) is 16.2. The van der Waals surface area contributed by atoms with Crippen molar-refractivity contribution in [2.45, 2.75) is 6.92 Å². The number of quaternary nitrogens is 1. The Balaban J connectivity index is 1.60. The number of fused-ring (bicyclic) bond motifs is 1. The van der Waals surface area contributed by atoms with Gasteiger partial charge in [-0.25, -0.2) is 0 Å². The molecule has 28 heavy (non-hydrogen) atoms. The number of aromatic nitrogens is 1. The van der Waals surface area contributed by atoms with Crippen LogP contribution in [0, 0.1) is 6.92 Å². The van der Waals surface area contributed by atoms with E-state index in [1.807, 2.05) is 13.0 Å². The molecule has 2 N–H and O–H groups in total. The van der Waals surface area contributed by atoms with Crippen molar-refractivity contribution in [3.8, 4) is 0 Å². The number of nitrogens with one attached hydrogen (secondary N) is 2. The molecule has 1 aliphatic rings. The van der Waals surface area contributed by atoms with Gasteiger partial charge in [0.25, 0.3) is 0 Å². The predicted octanol–water partition coefficient (Wildman–Crippen LogP) is 0.985. The number of carboxylic acid groups (broad SMARTS) is 1. The summed E-state index contributed by atoms with van der Waals surface area (Å²) in [6.07, 6.45) is 0. The molecule has 4 rings (SSSR count). The van der Waals surface area contributed by atoms with Crippen molar-refractivity contribution in [1.82, 2.24) is 4.98 Å². The first-order chi connectivity index (χ1) is 13.5. The molecule has 0 amide bonds. The summed E-state index contributed by atoms with van der Waals surface area (Å²) in [7, 11) is 2.23. The molecule has 1 aliphatic heterocycles. The van der Waals surface area contributed by atoms with Crippen LogP contribution in [0.5, 0.6) is 0 Å². The Morgan fingerprint density at radius 1 is 1.11 bits per heavy atom. The molecule has 1 fully saturated rings. The standard InChI is InChI=1S/C22H24N4O2/c1-15-13-21(19-14-16(22(27)28)3-8-20(19)23-15)24-17-4-6-18(7-5-17)26-11-9-25(2)10-12-26/h3-8,13-14H,9-12H2,1-2H3,(H,23,24)(H,27,28). The van der Waals surface area contributed by atoms with Gasteiger partial charge in [-0.15, -0.1) is 0 Å². The molecule has 2 aromatic carbocycles. The number of benzene rings is 2. The number of hydrogen-bond donors (Lipinski definition) is 2. The van der Waals surface area contributed by atoms with Crippen LogP contribution in [0.2, 0.25) is 0 Å². The smallest absolute Gasteiger partial charge is 0.0947 e. The van der Waals surface area contributed by atoms with Gasteiger partial charge in [-0.05, 0) is 55.0 Å². The molecule has 6 heteroatoms. The number of carboxylic acids is 1. The molecule has 2 heterocycles. The first-order valence-electron chi connectivity index (χ1n) is 9.56. The van der Waals surface area contributed by atoms with Crippen molar-refractivity contribution < 1.29 is 14.8 Å². The first-order valence-corrected chi connectivity index (χ1v) is 9.56. The fourth-order valence-corrected chi connectivity index (χ4v) is 3.65. The predicted molar refractivity (Wildman–Crippen MR) is 109 cm³/mol. The number of hydrogen-bond acceptors (Lipinski definition) is 5. The molecule has 6 nitrogen and oxygen atoms in total. The van der Waals surface area contributed by atoms with E-state index in [1.165, 1.54) is 11.8 Å². The minimum absolute atomic E-state index is 0.147. The van der Waals surface area contributed by atoms with Crippen LogP contribution in [0.4, 0.5) is 17.1 Å². The lowest BCUT2D eigenvalue weighted by Crippen LogP contribution is -3.12. The molecular formula is C22H24N4O2. The van der Waals surface area contributed by atoms with Gasteiger partial charge in [-0.2, -0.15) is 0 Å². The Bertz CT molecular complexity index is 1010. The molecule has 3 aromatic rings. The fraction of sp³-hybridized carbons (Fsp3) is 0.273. The number of aromatic carboxylic acids is 1. The summed E-state index contributed by atoms with van der Waals surface area (Å²) in [5, 5.41) is 15.4. The van der Waals surface area contributed by atoms with Crippen LogP contribution in [0.1, 0.15) is 16.1 Å². The molecule has 1 saturated heterocycles. The number of pyridine rings is 1. The second-order valence-corrected chi connectivity index (χ2v) is 7.45. The topological polar surface area (TPSA) is 72.7 Å². The Kier molecular flexibility index (Phi) is 4.88. The third-order valence-electron chi connectivity index (χ3n) is 5.30. The number of anilines is 3. The Morgan fingerprint density at radius 2 is 1.82 bits per heavy atom. The van der Waals surface area contributed by atoms with Crippen LogP contribution in [0.3, 0.4) is 0 Å². The molecule has 1 aromatic heterocycles. The van der Waals surface area contributed by atoms with Crippen LogP contribution >= 0.6 is 0 Å². The Hall–Kier alpha value is -3.12. The maximum atomic E-state index is 11.2. The van der Waals surface area contributed by atoms with Crippen molar-refractivity contribution in [3.63, 3.8) is 0 Å². The number of likely N-dealkylation sites (N-methyl/N-ethyl adjacent to an activating group) is 1. The minimum atomic E-state index is -1.19. The van der Waals surface area contributed by atoms with Gasteiger partial charge >= 0.3 is 0 Å². The molecule has 0 radical (unpaired) electrons. The van der Waals surface area contributed by atoms with Gasteiger partial charge in [-0.3, -0.25) is 4.98 Å². The maximum Gasteiger partial charge on any atom is 0.0947 e. The third kappa shape index (κ3) is 3.77. The summed E-state index contributed by atoms with van der Waals surface area (Å²) in [6.45, 7) is 6.37. The summed E-state index contributed by atoms with van der Waals surface area (Å²) < 4.78 is 0. The highest BCUT2D eigenvalue weighted by molar-refractivity contribution is 5.98. The summed E-state index contributed by atoms with van der Waals surface area (Å²) >= 11 is 0. The van der Waals surface area contributed by atoms with Crippen molar-refractivity contribution in [2.75, 3.05) is 43.4 Å². The number of nitrogens with zero attached hydrogens (tertiary/aromatic N) is 2. The molecule has 0 unspecified atom stereocenters. The number of rotatable bonds is 4. The van der Waals surface area contributed by atoms with Gasteiger partial charge in [0.05, 0.1) is 44.7 Å². The van der Waals surface area contributed by atoms with E-state index in [2.05, 4.69) is 46.5 Å². The number of piperazine rings is 1. The van der Waals surface area contributed by atoms with Crippen LogP contribution in [0.15, 0.2) is 48.5 Å². The largest absolute Gasteiger partial charge is 0.545 e. The highest BCUT2D eigenvalue weighted by Gasteiger charge is 2.16. The van der Waals surface area contributed by atoms with E-state index in [9.17, 15) is 9.90 Å². The minimum Gasteiger partial charge on any atom is -0.545 e. The summed E-state index contributed by atoms with van der Waals surface area (Å²) in [4.78, 5) is 19.7. The number of aryl methyl sites for hydroxylation is 1. The van der Waals surface area contributed by atoms with Gasteiger partial charge in [0.1, 0.15) is 0 Å². The Morgan fingerprint density at radius 3 is 2.50 bits per heavy atom. The lowest BCUT2D eigenvalue weighted by Gasteiger charge is -2.31. The summed E-state index contributed by atoms with van der Waals surface area (Å²) in [5.41, 5.74) is 4.79. The van der Waals surface area contributed by atoms with Crippen molar-refractivity contribution in [1.29, 1.82) is 0 Å². The summed E-state index contributed by atoms with van der Waals surface area (Å²) in [5.74, 6) is -1.19. The van der Waals surface area contributed by atoms with E-state index in [0.29, 0.717) is 0 Å². The highest BCUT2D eigenvalue weighted by atomic mass is 16.4. The average Bonchev–Trinajstić information content (AvgIpc) is 2.69. The van der Waals surface area contributed by atoms with E-state index in [4.69, 9.17) is 0 Å². The molecule has 0 saturated carbocycles. The molecule has 0 atom stereocenters. The van der Waals surface area contributed by atoms with Crippen molar-refractivity contribution in [3.05, 3.63) is 59.8 Å². The van der Waals surface area contributed by atoms with E-state index in [1.54, 1.807) is 17.0 Å². The van der Waals surface area contributed by atoms with Gasteiger partial charge in [-0.1, -0.05) is 6.07 Å². The van der Waals surface area contributed by atoms with Crippen LogP contribution in [-0.4, -0.2) is 44.2 Å². The zero-order valence-corrected chi connectivity index (χ0v) is 16.2. The van der Waals surface area contributed by atoms with Gasteiger partial charge < -0.3 is 25.0 Å².